The van der Waals surface area contributed by atoms with Gasteiger partial charge in [0.1, 0.15) is 0 Å². The molecule has 5 rings (SSSR count). The molecule has 0 radical (unpaired) electrons. The van der Waals surface area contributed by atoms with Crippen molar-refractivity contribution in [3.05, 3.63) is 112 Å². The molecule has 3 nitrogen and oxygen atoms in total. The maximum Gasteiger partial charge on any atom is 0.203 e. The number of carbonyl (C=O) groups excluding carboxylic acids is 2. The molecule has 0 saturated heterocycles. The molecule has 0 fully saturated rings. The average molecular weight is 468 g/mol. The van der Waals surface area contributed by atoms with Crippen LogP contribution >= 0.6 is 15.9 Å². The summed E-state index contributed by atoms with van der Waals surface area (Å²) in [6.45, 7) is 0. The van der Waals surface area contributed by atoms with E-state index in [4.69, 9.17) is 0 Å². The van der Waals surface area contributed by atoms with Crippen molar-refractivity contribution in [3.63, 3.8) is 0 Å². The van der Waals surface area contributed by atoms with E-state index in [1.807, 2.05) is 103 Å². The molecular formula is C27H18BrNO2. The number of Topliss-reactive ketones (excluding diaryl/α,β-unsaturated/α-hetero) is 2. The van der Waals surface area contributed by atoms with Gasteiger partial charge in [0.15, 0.2) is 5.78 Å². The van der Waals surface area contributed by atoms with Crippen LogP contribution in [0.2, 0.25) is 0 Å². The maximum atomic E-state index is 13.9. The van der Waals surface area contributed by atoms with Crippen molar-refractivity contribution >= 4 is 33.1 Å². The summed E-state index contributed by atoms with van der Waals surface area (Å²) in [6.07, 6.45) is 0. The number of carbonyl (C=O) groups is 2. The number of ketones is 2. The molecule has 0 aliphatic heterocycles. The Morgan fingerprint density at radius 3 is 1.42 bits per heavy atom. The lowest BCUT2D eigenvalue weighted by Crippen LogP contribution is -2.18. The van der Waals surface area contributed by atoms with Gasteiger partial charge in [-0.3, -0.25) is 9.59 Å². The van der Waals surface area contributed by atoms with Crippen LogP contribution in [0.15, 0.2) is 95.5 Å². The smallest absolute Gasteiger partial charge is 0.203 e. The number of nitrogens with zero attached hydrogens (tertiary/aromatic N) is 1. The van der Waals surface area contributed by atoms with Crippen LogP contribution < -0.4 is 0 Å². The standard InChI is InChI=1S/C27H18BrNO2/c1-29-24(18-13-7-3-8-14-18)21-22(25(29)19-15-9-4-10-16-19)27(31)23(28)20(26(21)30)17-11-5-2-6-12-17/h2-16H,1H3. The Morgan fingerprint density at radius 1 is 0.581 bits per heavy atom. The van der Waals surface area contributed by atoms with E-state index in [-0.39, 0.29) is 11.6 Å². The Morgan fingerprint density at radius 2 is 0.968 bits per heavy atom. The van der Waals surface area contributed by atoms with Crippen LogP contribution in [0.5, 0.6) is 0 Å². The lowest BCUT2D eigenvalue weighted by Gasteiger charge is -2.17. The van der Waals surface area contributed by atoms with Crippen LogP contribution in [0.3, 0.4) is 0 Å². The first-order valence-electron chi connectivity index (χ1n) is 9.97. The monoisotopic (exact) mass is 467 g/mol. The van der Waals surface area contributed by atoms with Gasteiger partial charge in [0.2, 0.25) is 5.78 Å². The lowest BCUT2D eigenvalue weighted by molar-refractivity contribution is 0.100. The van der Waals surface area contributed by atoms with Gasteiger partial charge in [0, 0.05) is 12.6 Å². The van der Waals surface area contributed by atoms with Crippen molar-refractivity contribution in [2.75, 3.05) is 0 Å². The molecule has 1 heterocycles. The minimum Gasteiger partial charge on any atom is -0.342 e. The maximum absolute atomic E-state index is 13.9. The molecule has 31 heavy (non-hydrogen) atoms. The molecule has 0 saturated carbocycles. The predicted molar refractivity (Wildman–Crippen MR) is 127 cm³/mol. The summed E-state index contributed by atoms with van der Waals surface area (Å²) < 4.78 is 2.28. The quantitative estimate of drug-likeness (QED) is 0.342. The molecule has 1 aliphatic rings. The number of halogens is 1. The van der Waals surface area contributed by atoms with E-state index >= 15 is 0 Å². The van der Waals surface area contributed by atoms with E-state index in [0.717, 1.165) is 28.1 Å². The van der Waals surface area contributed by atoms with Crippen molar-refractivity contribution in [1.29, 1.82) is 0 Å². The van der Waals surface area contributed by atoms with Crippen LogP contribution in [-0.4, -0.2) is 16.1 Å². The first kappa shape index (κ1) is 19.5. The number of hydrogen-bond donors (Lipinski definition) is 0. The van der Waals surface area contributed by atoms with Gasteiger partial charge in [0.25, 0.3) is 0 Å². The molecule has 4 aromatic rings. The number of rotatable bonds is 3. The van der Waals surface area contributed by atoms with Gasteiger partial charge >= 0.3 is 0 Å². The van der Waals surface area contributed by atoms with Gasteiger partial charge in [-0.2, -0.15) is 0 Å². The second kappa shape index (κ2) is 7.64. The molecule has 1 aliphatic carbocycles. The SMILES string of the molecule is Cn1c(-c2ccccc2)c2c(c1-c1ccccc1)C(=O)C(c1ccccc1)=C(Br)C2=O. The summed E-state index contributed by atoms with van der Waals surface area (Å²) >= 11 is 3.46. The van der Waals surface area contributed by atoms with Crippen molar-refractivity contribution < 1.29 is 9.59 Å². The number of fused-ring (bicyclic) bond motifs is 1. The molecular weight excluding hydrogens is 450 g/mol. The molecule has 1 aromatic heterocycles. The molecule has 150 valence electrons. The van der Waals surface area contributed by atoms with Crippen molar-refractivity contribution in [2.45, 2.75) is 0 Å². The highest BCUT2D eigenvalue weighted by Crippen LogP contribution is 2.45. The van der Waals surface area contributed by atoms with E-state index in [0.29, 0.717) is 21.2 Å². The molecule has 4 heteroatoms. The number of hydrogen-bond acceptors (Lipinski definition) is 2. The minimum atomic E-state index is -0.176. The molecule has 0 bridgehead atoms. The topological polar surface area (TPSA) is 39.1 Å². The van der Waals surface area contributed by atoms with Crippen molar-refractivity contribution in [3.8, 4) is 22.5 Å². The Balaban J connectivity index is 1.86. The third kappa shape index (κ3) is 3.03. The largest absolute Gasteiger partial charge is 0.342 e. The van der Waals surface area contributed by atoms with Gasteiger partial charge in [-0.05, 0) is 32.6 Å². The lowest BCUT2D eigenvalue weighted by atomic mass is 9.84. The summed E-state index contributed by atoms with van der Waals surface area (Å²) in [6, 6.07) is 28.8. The third-order valence-electron chi connectivity index (χ3n) is 5.65. The number of aromatic nitrogens is 1. The van der Waals surface area contributed by atoms with E-state index < -0.39 is 0 Å². The molecule has 0 unspecified atom stereocenters. The van der Waals surface area contributed by atoms with Gasteiger partial charge < -0.3 is 4.57 Å². The van der Waals surface area contributed by atoms with Crippen molar-refractivity contribution in [2.24, 2.45) is 7.05 Å². The average Bonchev–Trinajstić information content (AvgIpc) is 3.13. The zero-order chi connectivity index (χ0) is 21.5. The van der Waals surface area contributed by atoms with Gasteiger partial charge in [-0.1, -0.05) is 91.0 Å². The van der Waals surface area contributed by atoms with E-state index in [1.54, 1.807) is 0 Å². The van der Waals surface area contributed by atoms with Crippen LogP contribution in [0.25, 0.3) is 28.1 Å². The van der Waals surface area contributed by atoms with E-state index in [1.165, 1.54) is 0 Å². The van der Waals surface area contributed by atoms with Crippen LogP contribution in [0.1, 0.15) is 26.3 Å². The second-order valence-corrected chi connectivity index (χ2v) is 8.24. The first-order chi connectivity index (χ1) is 15.1. The summed E-state index contributed by atoms with van der Waals surface area (Å²) in [5, 5.41) is 0. The first-order valence-corrected chi connectivity index (χ1v) is 10.8. The highest BCUT2D eigenvalue weighted by Gasteiger charge is 2.39. The molecule has 0 amide bonds. The summed E-state index contributed by atoms with van der Waals surface area (Å²) in [5.74, 6) is -0.325. The Bertz CT molecular complexity index is 1350. The van der Waals surface area contributed by atoms with Crippen LogP contribution in [-0.2, 0) is 7.05 Å². The van der Waals surface area contributed by atoms with Crippen molar-refractivity contribution in [1.82, 2.24) is 4.57 Å². The highest BCUT2D eigenvalue weighted by molar-refractivity contribution is 9.12. The third-order valence-corrected chi connectivity index (χ3v) is 6.41. The van der Waals surface area contributed by atoms with E-state index in [2.05, 4.69) is 15.9 Å². The molecule has 0 spiro atoms. The molecule has 0 N–H and O–H groups in total. The number of allylic oxidation sites excluding steroid dienone is 2. The fourth-order valence-electron chi connectivity index (χ4n) is 4.30. The minimum absolute atomic E-state index is 0.149. The van der Waals surface area contributed by atoms with E-state index in [9.17, 15) is 9.59 Å². The summed E-state index contributed by atoms with van der Waals surface area (Å²) in [7, 11) is 1.92. The van der Waals surface area contributed by atoms with Gasteiger partial charge in [-0.15, -0.1) is 0 Å². The molecule has 3 aromatic carbocycles. The Hall–Kier alpha value is -3.50. The Labute approximate surface area is 188 Å². The predicted octanol–water partition coefficient (Wildman–Crippen LogP) is 6.54. The normalized spacial score (nSPS) is 13.5. The zero-order valence-corrected chi connectivity index (χ0v) is 18.4. The molecule has 0 atom stereocenters. The summed E-state index contributed by atoms with van der Waals surface area (Å²) in [5.41, 5.74) is 5.33. The van der Waals surface area contributed by atoms with Crippen LogP contribution in [0, 0.1) is 0 Å². The van der Waals surface area contributed by atoms with Gasteiger partial charge in [0.05, 0.1) is 27.0 Å². The second-order valence-electron chi connectivity index (χ2n) is 7.45. The van der Waals surface area contributed by atoms with Crippen LogP contribution in [0.4, 0.5) is 0 Å². The zero-order valence-electron chi connectivity index (χ0n) is 16.8. The fraction of sp³-hybridized carbons (Fsp3) is 0.0370. The fourth-order valence-corrected chi connectivity index (χ4v) is 4.91. The summed E-state index contributed by atoms with van der Waals surface area (Å²) in [4.78, 5) is 27.6. The van der Waals surface area contributed by atoms with Gasteiger partial charge in [-0.25, -0.2) is 0 Å². The highest BCUT2D eigenvalue weighted by atomic mass is 79.9. The Kier molecular flexibility index (Phi) is 4.79. The number of benzene rings is 3.